The van der Waals surface area contributed by atoms with E-state index in [2.05, 4.69) is 0 Å². The lowest BCUT2D eigenvalue weighted by Crippen LogP contribution is -2.23. The van der Waals surface area contributed by atoms with Crippen LogP contribution in [-0.2, 0) is 6.18 Å². The van der Waals surface area contributed by atoms with E-state index in [1.165, 1.54) is 0 Å². The highest BCUT2D eigenvalue weighted by Gasteiger charge is 2.44. The van der Waals surface area contributed by atoms with Gasteiger partial charge in [-0.25, -0.2) is 4.39 Å². The van der Waals surface area contributed by atoms with Gasteiger partial charge in [-0.1, -0.05) is 0 Å². The van der Waals surface area contributed by atoms with Gasteiger partial charge >= 0.3 is 12.4 Å². The van der Waals surface area contributed by atoms with Gasteiger partial charge in [0.1, 0.15) is 5.82 Å². The van der Waals surface area contributed by atoms with Crippen molar-refractivity contribution in [3.63, 3.8) is 0 Å². The van der Waals surface area contributed by atoms with E-state index in [4.69, 9.17) is 5.11 Å². The molecule has 1 nitrogen and oxygen atoms in total. The van der Waals surface area contributed by atoms with Gasteiger partial charge in [-0.3, -0.25) is 0 Å². The molecule has 0 aliphatic rings. The van der Waals surface area contributed by atoms with Gasteiger partial charge in [-0.05, 0) is 18.2 Å². The predicted molar refractivity (Wildman–Crippen MR) is 42.4 cm³/mol. The van der Waals surface area contributed by atoms with E-state index in [-0.39, 0.29) is 12.1 Å². The third kappa shape index (κ3) is 3.09. The van der Waals surface area contributed by atoms with E-state index in [0.717, 1.165) is 0 Å². The summed E-state index contributed by atoms with van der Waals surface area (Å²) < 4.78 is 85.9. The maximum absolute atomic E-state index is 12.6. The standard InChI is InChI=1S/C9H5F7O/c10-4-1-2-6(8(11,12)13)5(3-4)7(17)9(14,15)16/h1-3,7,17H/t7-/m0/s1. The van der Waals surface area contributed by atoms with Crippen LogP contribution in [0.2, 0.25) is 0 Å². The highest BCUT2D eigenvalue weighted by atomic mass is 19.4. The molecule has 0 radical (unpaired) electrons. The van der Waals surface area contributed by atoms with Crippen LogP contribution in [0, 0.1) is 5.82 Å². The van der Waals surface area contributed by atoms with Gasteiger partial charge in [0.05, 0.1) is 5.56 Å². The minimum absolute atomic E-state index is 0.0149. The van der Waals surface area contributed by atoms with Crippen molar-refractivity contribution < 1.29 is 35.8 Å². The number of alkyl halides is 6. The van der Waals surface area contributed by atoms with Crippen LogP contribution in [0.25, 0.3) is 0 Å². The fraction of sp³-hybridized carbons (Fsp3) is 0.333. The summed E-state index contributed by atoms with van der Waals surface area (Å²) in [6, 6.07) is 0.538. The Morgan fingerprint density at radius 1 is 1.00 bits per heavy atom. The Bertz CT molecular complexity index is 407. The van der Waals surface area contributed by atoms with Gasteiger partial charge in [0.2, 0.25) is 0 Å². The second kappa shape index (κ2) is 4.17. The Labute approximate surface area is 90.5 Å². The van der Waals surface area contributed by atoms with E-state index in [0.29, 0.717) is 6.07 Å². The molecule has 1 atom stereocenters. The number of aliphatic hydroxyl groups is 1. The molecule has 0 aromatic heterocycles. The first-order valence-corrected chi connectivity index (χ1v) is 4.15. The third-order valence-electron chi connectivity index (χ3n) is 1.92. The average Bonchev–Trinajstić information content (AvgIpc) is 2.13. The first-order valence-electron chi connectivity index (χ1n) is 4.15. The highest BCUT2D eigenvalue weighted by Crippen LogP contribution is 2.40. The fourth-order valence-electron chi connectivity index (χ4n) is 1.19. The molecule has 0 saturated carbocycles. The van der Waals surface area contributed by atoms with E-state index in [9.17, 15) is 30.7 Å². The molecule has 1 N–H and O–H groups in total. The molecular formula is C9H5F7O. The Hall–Kier alpha value is -1.31. The summed E-state index contributed by atoms with van der Waals surface area (Å²) in [4.78, 5) is 0. The van der Waals surface area contributed by atoms with Gasteiger partial charge in [0, 0.05) is 5.56 Å². The zero-order chi connectivity index (χ0) is 13.4. The fourth-order valence-corrected chi connectivity index (χ4v) is 1.19. The quantitative estimate of drug-likeness (QED) is 0.768. The second-order valence-electron chi connectivity index (χ2n) is 3.17. The molecule has 0 spiro atoms. The Balaban J connectivity index is 3.35. The lowest BCUT2D eigenvalue weighted by atomic mass is 10.0. The van der Waals surface area contributed by atoms with Crippen LogP contribution in [0.15, 0.2) is 18.2 Å². The first-order chi connectivity index (χ1) is 7.53. The zero-order valence-electron chi connectivity index (χ0n) is 7.90. The van der Waals surface area contributed by atoms with E-state index in [1.807, 2.05) is 0 Å². The van der Waals surface area contributed by atoms with Crippen LogP contribution in [0.4, 0.5) is 30.7 Å². The molecule has 0 fully saturated rings. The molecule has 96 valence electrons. The van der Waals surface area contributed by atoms with Gasteiger partial charge in [-0.2, -0.15) is 26.3 Å². The van der Waals surface area contributed by atoms with Crippen LogP contribution < -0.4 is 0 Å². The summed E-state index contributed by atoms with van der Waals surface area (Å²) in [5.74, 6) is -1.30. The van der Waals surface area contributed by atoms with Crippen molar-refractivity contribution in [2.45, 2.75) is 18.5 Å². The Morgan fingerprint density at radius 3 is 1.94 bits per heavy atom. The van der Waals surface area contributed by atoms with Gasteiger partial charge in [0.15, 0.2) is 6.10 Å². The molecule has 0 unspecified atom stereocenters. The van der Waals surface area contributed by atoms with Crippen LogP contribution in [0.5, 0.6) is 0 Å². The molecule has 17 heavy (non-hydrogen) atoms. The minimum Gasteiger partial charge on any atom is -0.379 e. The van der Waals surface area contributed by atoms with E-state index in [1.54, 1.807) is 0 Å². The molecule has 0 heterocycles. The topological polar surface area (TPSA) is 20.2 Å². The van der Waals surface area contributed by atoms with Crippen LogP contribution in [-0.4, -0.2) is 11.3 Å². The van der Waals surface area contributed by atoms with Crippen molar-refractivity contribution in [1.82, 2.24) is 0 Å². The van der Waals surface area contributed by atoms with Crippen molar-refractivity contribution in [3.8, 4) is 0 Å². The molecule has 1 aromatic carbocycles. The molecule has 0 amide bonds. The normalized spacial score (nSPS) is 14.8. The van der Waals surface area contributed by atoms with Gasteiger partial charge in [0.25, 0.3) is 0 Å². The summed E-state index contributed by atoms with van der Waals surface area (Å²) in [5, 5.41) is 8.73. The number of benzene rings is 1. The molecule has 1 aromatic rings. The monoisotopic (exact) mass is 262 g/mol. The average molecular weight is 262 g/mol. The number of hydrogen-bond acceptors (Lipinski definition) is 1. The van der Waals surface area contributed by atoms with Crippen molar-refractivity contribution in [2.75, 3.05) is 0 Å². The molecule has 0 bridgehead atoms. The Morgan fingerprint density at radius 2 is 1.53 bits per heavy atom. The predicted octanol–water partition coefficient (Wildman–Crippen LogP) is 3.44. The Kier molecular flexibility index (Phi) is 3.37. The summed E-state index contributed by atoms with van der Waals surface area (Å²) in [7, 11) is 0. The highest BCUT2D eigenvalue weighted by molar-refractivity contribution is 5.33. The van der Waals surface area contributed by atoms with E-state index >= 15 is 0 Å². The minimum atomic E-state index is -5.30. The van der Waals surface area contributed by atoms with Crippen LogP contribution in [0.1, 0.15) is 17.2 Å². The molecule has 0 saturated heterocycles. The zero-order valence-corrected chi connectivity index (χ0v) is 7.90. The largest absolute Gasteiger partial charge is 0.418 e. The number of halogens is 7. The van der Waals surface area contributed by atoms with Crippen LogP contribution >= 0.6 is 0 Å². The second-order valence-corrected chi connectivity index (χ2v) is 3.17. The molecule has 1 rings (SSSR count). The summed E-state index contributed by atoms with van der Waals surface area (Å²) in [6.07, 6.45) is -13.8. The van der Waals surface area contributed by atoms with Gasteiger partial charge < -0.3 is 5.11 Å². The van der Waals surface area contributed by atoms with Crippen LogP contribution in [0.3, 0.4) is 0 Å². The maximum Gasteiger partial charge on any atom is 0.418 e. The van der Waals surface area contributed by atoms with Crippen molar-refractivity contribution in [3.05, 3.63) is 35.1 Å². The first kappa shape index (κ1) is 13.8. The maximum atomic E-state index is 12.6. The van der Waals surface area contributed by atoms with Crippen molar-refractivity contribution >= 4 is 0 Å². The summed E-state index contributed by atoms with van der Waals surface area (Å²) in [6.45, 7) is 0. The molecular weight excluding hydrogens is 257 g/mol. The number of hydrogen-bond donors (Lipinski definition) is 1. The van der Waals surface area contributed by atoms with E-state index < -0.39 is 35.4 Å². The lowest BCUT2D eigenvalue weighted by Gasteiger charge is -2.19. The van der Waals surface area contributed by atoms with Crippen molar-refractivity contribution in [1.29, 1.82) is 0 Å². The molecule has 0 aliphatic carbocycles. The summed E-state index contributed by atoms with van der Waals surface area (Å²) >= 11 is 0. The lowest BCUT2D eigenvalue weighted by molar-refractivity contribution is -0.209. The number of rotatable bonds is 1. The summed E-state index contributed by atoms with van der Waals surface area (Å²) in [5.41, 5.74) is -3.27. The third-order valence-corrected chi connectivity index (χ3v) is 1.92. The van der Waals surface area contributed by atoms with Crippen molar-refractivity contribution in [2.24, 2.45) is 0 Å². The molecule has 0 aliphatic heterocycles. The van der Waals surface area contributed by atoms with Gasteiger partial charge in [-0.15, -0.1) is 0 Å². The number of aliphatic hydroxyl groups excluding tert-OH is 1. The SMILES string of the molecule is O[C@@H](c1cc(F)ccc1C(F)(F)F)C(F)(F)F. The smallest absolute Gasteiger partial charge is 0.379 e. The molecule has 8 heteroatoms.